The summed E-state index contributed by atoms with van der Waals surface area (Å²) in [5, 5.41) is 0. The smallest absolute Gasteiger partial charge is 0.0293 e. The molecule has 1 aromatic rings. The number of piperidine rings is 1. The molecular weight excluding hydrogens is 410 g/mol. The highest BCUT2D eigenvalue weighted by molar-refractivity contribution is 5.34. The van der Waals surface area contributed by atoms with Gasteiger partial charge in [0.15, 0.2) is 0 Å². The van der Waals surface area contributed by atoms with Crippen LogP contribution in [-0.2, 0) is 0 Å². The Hall–Kier alpha value is -2.02. The van der Waals surface area contributed by atoms with Gasteiger partial charge >= 0.3 is 0 Å². The molecule has 0 bridgehead atoms. The third-order valence-electron chi connectivity index (χ3n) is 8.25. The summed E-state index contributed by atoms with van der Waals surface area (Å²) in [7, 11) is 0. The Bertz CT molecular complexity index is 861. The minimum Gasteiger partial charge on any atom is -0.372 e. The molecule has 1 aliphatic heterocycles. The van der Waals surface area contributed by atoms with Crippen molar-refractivity contribution >= 4 is 0 Å². The van der Waals surface area contributed by atoms with Crippen molar-refractivity contribution in [3.05, 3.63) is 83.6 Å². The summed E-state index contributed by atoms with van der Waals surface area (Å²) >= 11 is 0. The highest BCUT2D eigenvalue weighted by atomic mass is 15.1. The number of nitrogens with zero attached hydrogens (tertiary/aromatic N) is 1. The largest absolute Gasteiger partial charge is 0.372 e. The summed E-state index contributed by atoms with van der Waals surface area (Å²) in [5.41, 5.74) is 6.07. The standard InChI is InChI=1S/C33H49N/c1-7-12-29-23-32(30-14-10-9-11-15-30)25-33(24-29)18-20-34(21-19-33)28(6)17-16-27(5)31(13-8-2)22-26(3)4/h8-11,13-17,26,29,32H,6-7,12,18-25H2,1-5H3/b13-8-,17-16+,31-27+. The zero-order valence-corrected chi connectivity index (χ0v) is 22.7. The van der Waals surface area contributed by atoms with E-state index in [1.165, 1.54) is 61.8 Å². The van der Waals surface area contributed by atoms with E-state index in [9.17, 15) is 0 Å². The SMILES string of the molecule is C=C(/C=C/C(C)=C(\C=C/C)CC(C)C)N1CCC2(CC1)CC(CCC)CC(c1ccccc1)C2. The molecule has 2 aliphatic rings. The van der Waals surface area contributed by atoms with Gasteiger partial charge in [-0.25, -0.2) is 0 Å². The molecule has 0 amide bonds. The van der Waals surface area contributed by atoms with E-state index < -0.39 is 0 Å². The molecule has 0 N–H and O–H groups in total. The molecule has 1 spiro atoms. The van der Waals surface area contributed by atoms with Crippen molar-refractivity contribution < 1.29 is 0 Å². The van der Waals surface area contributed by atoms with Crippen molar-refractivity contribution in [3.8, 4) is 0 Å². The quantitative estimate of drug-likeness (QED) is 0.332. The molecule has 1 heteroatoms. The molecule has 0 aromatic heterocycles. The Morgan fingerprint density at radius 1 is 1.09 bits per heavy atom. The van der Waals surface area contributed by atoms with Crippen LogP contribution in [0.25, 0.3) is 0 Å². The summed E-state index contributed by atoms with van der Waals surface area (Å²) in [6.07, 6.45) is 19.6. The minimum absolute atomic E-state index is 0.519. The third-order valence-corrected chi connectivity index (χ3v) is 8.25. The molecule has 1 saturated carbocycles. The second kappa shape index (κ2) is 12.6. The molecule has 1 aliphatic carbocycles. The van der Waals surface area contributed by atoms with Crippen molar-refractivity contribution in [3.63, 3.8) is 0 Å². The predicted molar refractivity (Wildman–Crippen MR) is 150 cm³/mol. The first-order valence-electron chi connectivity index (χ1n) is 13.8. The van der Waals surface area contributed by atoms with Crippen molar-refractivity contribution in [2.24, 2.45) is 17.3 Å². The van der Waals surface area contributed by atoms with E-state index in [4.69, 9.17) is 0 Å². The maximum Gasteiger partial charge on any atom is 0.0293 e. The average Bonchev–Trinajstić information content (AvgIpc) is 2.83. The highest BCUT2D eigenvalue weighted by Gasteiger charge is 2.42. The minimum atomic E-state index is 0.519. The number of allylic oxidation sites excluding steroid dienone is 6. The van der Waals surface area contributed by atoms with Crippen LogP contribution in [0.3, 0.4) is 0 Å². The Morgan fingerprint density at radius 2 is 1.79 bits per heavy atom. The van der Waals surface area contributed by atoms with E-state index in [2.05, 4.69) is 101 Å². The van der Waals surface area contributed by atoms with E-state index in [0.29, 0.717) is 11.3 Å². The fraction of sp³-hybridized carbons (Fsp3) is 0.576. The fourth-order valence-electron chi connectivity index (χ4n) is 6.51. The molecular formula is C33H49N. The summed E-state index contributed by atoms with van der Waals surface area (Å²) in [6.45, 7) is 18.1. The molecule has 3 rings (SSSR count). The first-order chi connectivity index (χ1) is 16.4. The molecule has 1 saturated heterocycles. The van der Waals surface area contributed by atoms with E-state index in [1.54, 1.807) is 5.56 Å². The van der Waals surface area contributed by atoms with E-state index in [-0.39, 0.29) is 0 Å². The zero-order chi connectivity index (χ0) is 24.6. The lowest BCUT2D eigenvalue weighted by Gasteiger charge is -2.50. The summed E-state index contributed by atoms with van der Waals surface area (Å²) in [5.74, 6) is 2.29. The van der Waals surface area contributed by atoms with Gasteiger partial charge in [0.05, 0.1) is 0 Å². The van der Waals surface area contributed by atoms with Gasteiger partial charge in [-0.15, -0.1) is 0 Å². The van der Waals surface area contributed by atoms with Crippen LogP contribution in [0.1, 0.15) is 97.5 Å². The Morgan fingerprint density at radius 3 is 2.41 bits per heavy atom. The van der Waals surface area contributed by atoms with Gasteiger partial charge in [0.25, 0.3) is 0 Å². The van der Waals surface area contributed by atoms with Crippen LogP contribution in [0.5, 0.6) is 0 Å². The molecule has 2 atom stereocenters. The Kier molecular flexibility index (Phi) is 9.86. The molecule has 0 radical (unpaired) electrons. The fourth-order valence-corrected chi connectivity index (χ4v) is 6.51. The molecule has 1 heterocycles. The lowest BCUT2D eigenvalue weighted by molar-refractivity contribution is 0.0456. The van der Waals surface area contributed by atoms with Crippen molar-refractivity contribution in [2.45, 2.75) is 91.9 Å². The van der Waals surface area contributed by atoms with Gasteiger partial charge in [-0.3, -0.25) is 0 Å². The second-order valence-corrected chi connectivity index (χ2v) is 11.5. The number of likely N-dealkylation sites (tertiary alicyclic amines) is 1. The van der Waals surface area contributed by atoms with Crippen molar-refractivity contribution in [1.82, 2.24) is 4.90 Å². The number of rotatable bonds is 9. The zero-order valence-electron chi connectivity index (χ0n) is 22.7. The average molecular weight is 460 g/mol. The molecule has 1 aromatic carbocycles. The van der Waals surface area contributed by atoms with Crippen molar-refractivity contribution in [2.75, 3.05) is 13.1 Å². The lowest BCUT2D eigenvalue weighted by atomic mass is 9.59. The van der Waals surface area contributed by atoms with Gasteiger partial charge in [0, 0.05) is 18.8 Å². The molecule has 2 unspecified atom stereocenters. The van der Waals surface area contributed by atoms with Crippen LogP contribution in [0.2, 0.25) is 0 Å². The van der Waals surface area contributed by atoms with Crippen LogP contribution in [0.15, 0.2) is 78.1 Å². The topological polar surface area (TPSA) is 3.24 Å². The molecule has 34 heavy (non-hydrogen) atoms. The molecule has 1 nitrogen and oxygen atoms in total. The van der Waals surface area contributed by atoms with Crippen LogP contribution >= 0.6 is 0 Å². The monoisotopic (exact) mass is 459 g/mol. The second-order valence-electron chi connectivity index (χ2n) is 11.5. The number of hydrogen-bond donors (Lipinski definition) is 0. The first-order valence-corrected chi connectivity index (χ1v) is 13.8. The molecule has 186 valence electrons. The summed E-state index contributed by atoms with van der Waals surface area (Å²) in [4.78, 5) is 2.54. The van der Waals surface area contributed by atoms with Crippen LogP contribution in [0, 0.1) is 17.3 Å². The third kappa shape index (κ3) is 7.24. The highest BCUT2D eigenvalue weighted by Crippen LogP contribution is 2.53. The summed E-state index contributed by atoms with van der Waals surface area (Å²) < 4.78 is 0. The van der Waals surface area contributed by atoms with E-state index >= 15 is 0 Å². The van der Waals surface area contributed by atoms with Gasteiger partial charge in [0.1, 0.15) is 0 Å². The Balaban J connectivity index is 1.65. The Labute approximate surface area is 210 Å². The van der Waals surface area contributed by atoms with E-state index in [0.717, 1.165) is 31.3 Å². The van der Waals surface area contributed by atoms with Crippen LogP contribution in [0.4, 0.5) is 0 Å². The van der Waals surface area contributed by atoms with Crippen LogP contribution in [-0.4, -0.2) is 18.0 Å². The first kappa shape index (κ1) is 26.6. The van der Waals surface area contributed by atoms with Gasteiger partial charge in [-0.2, -0.15) is 0 Å². The lowest BCUT2D eigenvalue weighted by Crippen LogP contribution is -2.43. The summed E-state index contributed by atoms with van der Waals surface area (Å²) in [6, 6.07) is 11.3. The van der Waals surface area contributed by atoms with Crippen molar-refractivity contribution in [1.29, 1.82) is 0 Å². The maximum absolute atomic E-state index is 4.46. The van der Waals surface area contributed by atoms with Gasteiger partial charge in [0.2, 0.25) is 0 Å². The normalized spacial score (nSPS) is 23.8. The van der Waals surface area contributed by atoms with Gasteiger partial charge < -0.3 is 4.90 Å². The van der Waals surface area contributed by atoms with Gasteiger partial charge in [-0.1, -0.05) is 88.8 Å². The van der Waals surface area contributed by atoms with E-state index in [1.807, 2.05) is 0 Å². The molecule has 2 fully saturated rings. The predicted octanol–water partition coefficient (Wildman–Crippen LogP) is 9.46. The van der Waals surface area contributed by atoms with Crippen LogP contribution < -0.4 is 0 Å². The number of benzene rings is 1. The number of hydrogen-bond acceptors (Lipinski definition) is 1. The van der Waals surface area contributed by atoms with Gasteiger partial charge in [-0.05, 0) is 98.3 Å². The maximum atomic E-state index is 4.46.